The number of carbonyl (C=O) groups excluding carboxylic acids is 2. The third-order valence-electron chi connectivity index (χ3n) is 6.22. The lowest BCUT2D eigenvalue weighted by atomic mass is 9.96. The smallest absolute Gasteiger partial charge is 0.371 e. The Morgan fingerprint density at radius 2 is 1.78 bits per heavy atom. The highest BCUT2D eigenvalue weighted by atomic mass is 32.2. The second kappa shape index (κ2) is 9.64. The van der Waals surface area contributed by atoms with Gasteiger partial charge >= 0.3 is 6.18 Å². The number of rotatable bonds is 5. The van der Waals surface area contributed by atoms with Crippen molar-refractivity contribution in [3.8, 4) is 0 Å². The molecule has 194 valence electrons. The topological polar surface area (TPSA) is 113 Å². The lowest BCUT2D eigenvalue weighted by molar-refractivity contribution is -0.139. The van der Waals surface area contributed by atoms with E-state index in [1.54, 1.807) is 4.90 Å². The van der Waals surface area contributed by atoms with Crippen LogP contribution in [-0.4, -0.2) is 66.5 Å². The number of nitrogens with zero attached hydrogens (tertiary/aromatic N) is 4. The number of aromatic nitrogens is 2. The van der Waals surface area contributed by atoms with Gasteiger partial charge in [-0.1, -0.05) is 0 Å². The van der Waals surface area contributed by atoms with Crippen molar-refractivity contribution in [2.45, 2.75) is 48.8 Å². The summed E-state index contributed by atoms with van der Waals surface area (Å²) in [6, 6.07) is 2.22. The van der Waals surface area contributed by atoms with Crippen molar-refractivity contribution in [3.63, 3.8) is 0 Å². The summed E-state index contributed by atoms with van der Waals surface area (Å²) in [5.41, 5.74) is -1.03. The fraction of sp³-hybridized carbons (Fsp3) is 0.455. The van der Waals surface area contributed by atoms with E-state index in [2.05, 4.69) is 15.3 Å². The van der Waals surface area contributed by atoms with Crippen LogP contribution < -0.4 is 10.2 Å². The molecule has 9 nitrogen and oxygen atoms in total. The molecule has 4 rings (SSSR count). The molecule has 2 aliphatic heterocycles. The predicted octanol–water partition coefficient (Wildman–Crippen LogP) is 2.64. The molecule has 2 amide bonds. The highest BCUT2D eigenvalue weighted by Crippen LogP contribution is 2.30. The molecule has 0 saturated carbocycles. The predicted molar refractivity (Wildman–Crippen MR) is 120 cm³/mol. The summed E-state index contributed by atoms with van der Waals surface area (Å²) >= 11 is 0. The van der Waals surface area contributed by atoms with Crippen LogP contribution in [0.1, 0.15) is 31.2 Å². The lowest BCUT2D eigenvalue weighted by Gasteiger charge is -2.41. The van der Waals surface area contributed by atoms with Crippen LogP contribution in [0.2, 0.25) is 0 Å². The number of alkyl halides is 3. The van der Waals surface area contributed by atoms with E-state index in [9.17, 15) is 35.6 Å². The summed E-state index contributed by atoms with van der Waals surface area (Å²) in [5, 5.41) is 2.84. The van der Waals surface area contributed by atoms with Gasteiger partial charge in [-0.3, -0.25) is 14.5 Å². The van der Waals surface area contributed by atoms with Gasteiger partial charge in [0.1, 0.15) is 11.9 Å². The second-order valence-electron chi connectivity index (χ2n) is 8.75. The number of amides is 2. The number of carbonyl (C=O) groups is 2. The number of nitrogens with one attached hydrogen (secondary N) is 1. The van der Waals surface area contributed by atoms with Gasteiger partial charge in [-0.15, -0.1) is 0 Å². The standard InChI is InChI=1S/C22H23F4N5O4S/c1-36(34,35)15-4-5-17(16(23)10-15)29-18-3-2-7-30(20(18)33)14-6-8-31(19(32)9-14)21-27-11-13(12-28-21)22(24,25)26/h4-5,10-12,14,18,29H,2-3,6-9H2,1H3. The lowest BCUT2D eigenvalue weighted by Crippen LogP contribution is -2.56. The fourth-order valence-corrected chi connectivity index (χ4v) is 4.96. The monoisotopic (exact) mass is 529 g/mol. The number of anilines is 2. The molecule has 2 atom stereocenters. The third-order valence-corrected chi connectivity index (χ3v) is 7.33. The molecule has 2 unspecified atom stereocenters. The zero-order valence-corrected chi connectivity index (χ0v) is 19.9. The maximum Gasteiger partial charge on any atom is 0.419 e. The first-order valence-corrected chi connectivity index (χ1v) is 13.0. The average Bonchev–Trinajstić information content (AvgIpc) is 2.80. The van der Waals surface area contributed by atoms with Crippen molar-refractivity contribution in [1.29, 1.82) is 0 Å². The van der Waals surface area contributed by atoms with E-state index < -0.39 is 45.4 Å². The SMILES string of the molecule is CS(=O)(=O)c1ccc(NC2CCCN(C3CCN(c4ncc(C(F)(F)F)cn4)C(=O)C3)C2=O)c(F)c1. The van der Waals surface area contributed by atoms with E-state index in [1.165, 1.54) is 17.0 Å². The largest absolute Gasteiger partial charge is 0.419 e. The number of sulfone groups is 1. The Labute approximate surface area is 204 Å². The van der Waals surface area contributed by atoms with Gasteiger partial charge in [0, 0.05) is 44.2 Å². The zero-order valence-electron chi connectivity index (χ0n) is 19.1. The Morgan fingerprint density at radius 3 is 2.36 bits per heavy atom. The number of likely N-dealkylation sites (tertiary alicyclic amines) is 1. The summed E-state index contributed by atoms with van der Waals surface area (Å²) in [6.07, 6.45) is -1.05. The van der Waals surface area contributed by atoms with Crippen molar-refractivity contribution < 1.29 is 35.6 Å². The minimum atomic E-state index is -4.59. The molecular weight excluding hydrogens is 506 g/mol. The average molecular weight is 530 g/mol. The van der Waals surface area contributed by atoms with Gasteiger partial charge in [-0.05, 0) is 37.5 Å². The highest BCUT2D eigenvalue weighted by molar-refractivity contribution is 7.90. The molecular formula is C22H23F4N5O4S. The minimum absolute atomic E-state index is 0.00653. The number of hydrogen-bond donors (Lipinski definition) is 1. The molecule has 1 aromatic carbocycles. The molecule has 2 aliphatic rings. The molecule has 0 aliphatic carbocycles. The van der Waals surface area contributed by atoms with E-state index in [-0.39, 0.29) is 35.4 Å². The molecule has 3 heterocycles. The van der Waals surface area contributed by atoms with Crippen LogP contribution in [0.4, 0.5) is 29.2 Å². The van der Waals surface area contributed by atoms with Crippen LogP contribution in [0.5, 0.6) is 0 Å². The van der Waals surface area contributed by atoms with Crippen LogP contribution in [-0.2, 0) is 25.6 Å². The Hall–Kier alpha value is -3.29. The van der Waals surface area contributed by atoms with Gasteiger partial charge in [0.05, 0.1) is 16.1 Å². The van der Waals surface area contributed by atoms with E-state index in [1.807, 2.05) is 0 Å². The number of hydrogen-bond acceptors (Lipinski definition) is 7. The number of benzene rings is 1. The minimum Gasteiger partial charge on any atom is -0.371 e. The van der Waals surface area contributed by atoms with Crippen molar-refractivity contribution in [2.24, 2.45) is 0 Å². The van der Waals surface area contributed by atoms with Crippen molar-refractivity contribution in [2.75, 3.05) is 29.6 Å². The van der Waals surface area contributed by atoms with Gasteiger partial charge < -0.3 is 10.2 Å². The molecule has 0 bridgehead atoms. The highest BCUT2D eigenvalue weighted by Gasteiger charge is 2.38. The fourth-order valence-electron chi connectivity index (χ4n) is 4.33. The van der Waals surface area contributed by atoms with Crippen LogP contribution in [0.3, 0.4) is 0 Å². The van der Waals surface area contributed by atoms with Gasteiger partial charge in [0.2, 0.25) is 17.8 Å². The summed E-state index contributed by atoms with van der Waals surface area (Å²) in [7, 11) is -3.59. The van der Waals surface area contributed by atoms with E-state index in [0.717, 1.165) is 12.3 Å². The summed E-state index contributed by atoms with van der Waals surface area (Å²) < 4.78 is 75.9. The first-order valence-electron chi connectivity index (χ1n) is 11.1. The third kappa shape index (κ3) is 5.42. The first-order chi connectivity index (χ1) is 16.8. The van der Waals surface area contributed by atoms with Gasteiger partial charge in [-0.2, -0.15) is 13.2 Å². The van der Waals surface area contributed by atoms with Gasteiger partial charge in [0.25, 0.3) is 0 Å². The number of piperidine rings is 2. The summed E-state index contributed by atoms with van der Waals surface area (Å²) in [5.74, 6) is -1.67. The van der Waals surface area contributed by atoms with Crippen LogP contribution in [0, 0.1) is 5.82 Å². The molecule has 0 spiro atoms. The van der Waals surface area contributed by atoms with E-state index in [0.29, 0.717) is 38.2 Å². The van der Waals surface area contributed by atoms with Gasteiger partial charge in [0.15, 0.2) is 9.84 Å². The Morgan fingerprint density at radius 1 is 1.08 bits per heavy atom. The molecule has 14 heteroatoms. The summed E-state index contributed by atoms with van der Waals surface area (Å²) in [6.45, 7) is 0.527. The Kier molecular flexibility index (Phi) is 6.90. The van der Waals surface area contributed by atoms with E-state index >= 15 is 0 Å². The normalized spacial score (nSPS) is 21.6. The molecule has 2 fully saturated rings. The Bertz CT molecular complexity index is 1270. The molecule has 36 heavy (non-hydrogen) atoms. The molecule has 2 saturated heterocycles. The van der Waals surface area contributed by atoms with Crippen molar-refractivity contribution in [1.82, 2.24) is 14.9 Å². The van der Waals surface area contributed by atoms with Crippen molar-refractivity contribution in [3.05, 3.63) is 42.0 Å². The maximum atomic E-state index is 14.5. The quantitative estimate of drug-likeness (QED) is 0.593. The molecule has 1 aromatic heterocycles. The van der Waals surface area contributed by atoms with Crippen LogP contribution >= 0.6 is 0 Å². The Balaban J connectivity index is 1.41. The summed E-state index contributed by atoms with van der Waals surface area (Å²) in [4.78, 5) is 35.8. The number of halogens is 4. The van der Waals surface area contributed by atoms with Crippen molar-refractivity contribution >= 4 is 33.3 Å². The first kappa shape index (κ1) is 25.8. The molecule has 2 aromatic rings. The van der Waals surface area contributed by atoms with Crippen LogP contribution in [0.15, 0.2) is 35.5 Å². The molecule has 0 radical (unpaired) electrons. The van der Waals surface area contributed by atoms with Gasteiger partial charge in [-0.25, -0.2) is 22.8 Å². The van der Waals surface area contributed by atoms with E-state index in [4.69, 9.17) is 0 Å². The second-order valence-corrected chi connectivity index (χ2v) is 10.8. The zero-order chi connectivity index (χ0) is 26.3. The van der Waals surface area contributed by atoms with Crippen LogP contribution in [0.25, 0.3) is 0 Å². The maximum absolute atomic E-state index is 14.5. The molecule has 1 N–H and O–H groups in total.